The number of ether oxygens (including phenoxy) is 1. The maximum Gasteiger partial charge on any atom is 0.255 e. The van der Waals surface area contributed by atoms with Crippen molar-refractivity contribution in [3.05, 3.63) is 54.4 Å². The summed E-state index contributed by atoms with van der Waals surface area (Å²) in [5, 5.41) is 5.56. The lowest BCUT2D eigenvalue weighted by Crippen LogP contribution is -2.54. The number of nitrogens with one attached hydrogen (secondary N) is 2. The Bertz CT molecular complexity index is 741. The van der Waals surface area contributed by atoms with Gasteiger partial charge in [0.15, 0.2) is 0 Å². The average molecular weight is 340 g/mol. The van der Waals surface area contributed by atoms with Crippen molar-refractivity contribution in [3.8, 4) is 0 Å². The third kappa shape index (κ3) is 4.20. The van der Waals surface area contributed by atoms with Crippen molar-refractivity contribution in [2.24, 2.45) is 5.73 Å². The summed E-state index contributed by atoms with van der Waals surface area (Å²) in [4.78, 5) is 28.5. The predicted octanol–water partition coefficient (Wildman–Crippen LogP) is 1.78. The number of hydrogen-bond donors (Lipinski definition) is 3. The van der Waals surface area contributed by atoms with E-state index in [0.717, 1.165) is 0 Å². The lowest BCUT2D eigenvalue weighted by Gasteiger charge is -2.31. The van der Waals surface area contributed by atoms with Gasteiger partial charge in [-0.2, -0.15) is 0 Å². The molecule has 2 amide bonds. The number of hydrogen-bond acceptors (Lipinski definition) is 5. The molecule has 1 aromatic heterocycles. The van der Waals surface area contributed by atoms with Gasteiger partial charge in [0.2, 0.25) is 5.91 Å². The molecule has 0 unspecified atom stereocenters. The second-order valence-corrected chi connectivity index (χ2v) is 6.00. The Hall–Kier alpha value is -2.77. The highest BCUT2D eigenvalue weighted by Crippen LogP contribution is 2.20. The van der Waals surface area contributed by atoms with Crippen molar-refractivity contribution in [3.63, 3.8) is 0 Å². The zero-order chi connectivity index (χ0) is 17.7. The van der Waals surface area contributed by atoms with Crippen LogP contribution in [0.15, 0.2) is 48.8 Å². The second kappa shape index (κ2) is 7.42. The summed E-state index contributed by atoms with van der Waals surface area (Å²) in [5.74, 6) is -0.478. The van der Waals surface area contributed by atoms with Gasteiger partial charge in [-0.3, -0.25) is 14.6 Å². The van der Waals surface area contributed by atoms with Crippen LogP contribution in [0.25, 0.3) is 0 Å². The van der Waals surface area contributed by atoms with E-state index >= 15 is 0 Å². The Morgan fingerprint density at radius 2 is 1.76 bits per heavy atom. The van der Waals surface area contributed by atoms with Crippen LogP contribution < -0.4 is 16.4 Å². The van der Waals surface area contributed by atoms with E-state index in [1.807, 2.05) is 0 Å². The third-order valence-electron chi connectivity index (χ3n) is 4.16. The fourth-order valence-electron chi connectivity index (χ4n) is 2.56. The van der Waals surface area contributed by atoms with E-state index in [1.54, 1.807) is 48.8 Å². The van der Waals surface area contributed by atoms with Gasteiger partial charge >= 0.3 is 0 Å². The molecular formula is C18H20N4O3. The van der Waals surface area contributed by atoms with Gasteiger partial charge in [0.1, 0.15) is 5.54 Å². The molecule has 4 N–H and O–H groups in total. The number of anilines is 2. The first-order chi connectivity index (χ1) is 12.1. The highest BCUT2D eigenvalue weighted by Gasteiger charge is 2.35. The molecule has 130 valence electrons. The smallest absolute Gasteiger partial charge is 0.255 e. The highest BCUT2D eigenvalue weighted by molar-refractivity contribution is 6.04. The Morgan fingerprint density at radius 3 is 2.40 bits per heavy atom. The SMILES string of the molecule is NC1(C(=O)Nc2ccc(C(=O)Nc3cccnc3)cc2)CCOCC1. The first kappa shape index (κ1) is 17.1. The molecule has 1 saturated heterocycles. The van der Waals surface area contributed by atoms with Crippen molar-refractivity contribution < 1.29 is 14.3 Å². The average Bonchev–Trinajstić information content (AvgIpc) is 2.64. The number of rotatable bonds is 4. The van der Waals surface area contributed by atoms with Crippen LogP contribution in [0, 0.1) is 0 Å². The predicted molar refractivity (Wildman–Crippen MR) is 94.2 cm³/mol. The van der Waals surface area contributed by atoms with Crippen LogP contribution in [0.4, 0.5) is 11.4 Å². The normalized spacial score (nSPS) is 16.0. The fraction of sp³-hybridized carbons (Fsp3) is 0.278. The monoisotopic (exact) mass is 340 g/mol. The molecular weight excluding hydrogens is 320 g/mol. The standard InChI is InChI=1S/C18H20N4O3/c19-18(7-10-25-11-8-18)17(24)22-14-5-3-13(4-6-14)16(23)21-15-2-1-9-20-12-15/h1-6,9,12H,7-8,10-11,19H2,(H,21,23)(H,22,24). The minimum Gasteiger partial charge on any atom is -0.381 e. The summed E-state index contributed by atoms with van der Waals surface area (Å²) in [7, 11) is 0. The number of amides is 2. The second-order valence-electron chi connectivity index (χ2n) is 6.00. The van der Waals surface area contributed by atoms with Crippen LogP contribution in [0.5, 0.6) is 0 Å². The maximum absolute atomic E-state index is 12.4. The van der Waals surface area contributed by atoms with Gasteiger partial charge in [0.25, 0.3) is 5.91 Å². The summed E-state index contributed by atoms with van der Waals surface area (Å²) in [6, 6.07) is 10.2. The lowest BCUT2D eigenvalue weighted by molar-refractivity contribution is -0.124. The van der Waals surface area contributed by atoms with Crippen LogP contribution in [0.3, 0.4) is 0 Å². The zero-order valence-electron chi connectivity index (χ0n) is 13.7. The Balaban J connectivity index is 1.62. The van der Waals surface area contributed by atoms with E-state index in [-0.39, 0.29) is 11.8 Å². The molecule has 0 spiro atoms. The molecule has 2 aromatic rings. The first-order valence-electron chi connectivity index (χ1n) is 8.06. The number of benzene rings is 1. The summed E-state index contributed by atoms with van der Waals surface area (Å²) in [5.41, 5.74) is 6.94. The molecule has 0 saturated carbocycles. The molecule has 1 aliphatic heterocycles. The van der Waals surface area contributed by atoms with E-state index in [2.05, 4.69) is 15.6 Å². The third-order valence-corrected chi connectivity index (χ3v) is 4.16. The van der Waals surface area contributed by atoms with E-state index in [0.29, 0.717) is 43.0 Å². The Labute approximate surface area is 145 Å². The molecule has 2 heterocycles. The number of nitrogens with zero attached hydrogens (tertiary/aromatic N) is 1. The van der Waals surface area contributed by atoms with Crippen LogP contribution in [-0.2, 0) is 9.53 Å². The van der Waals surface area contributed by atoms with E-state index in [1.165, 1.54) is 0 Å². The molecule has 3 rings (SSSR count). The number of aromatic nitrogens is 1. The van der Waals surface area contributed by atoms with Gasteiger partial charge in [0.05, 0.1) is 11.9 Å². The summed E-state index contributed by atoms with van der Waals surface area (Å²) in [6.45, 7) is 0.967. The van der Waals surface area contributed by atoms with Crippen LogP contribution >= 0.6 is 0 Å². The highest BCUT2D eigenvalue weighted by atomic mass is 16.5. The largest absolute Gasteiger partial charge is 0.381 e. The minimum atomic E-state index is -0.908. The zero-order valence-corrected chi connectivity index (χ0v) is 13.7. The summed E-state index contributed by atoms with van der Waals surface area (Å²) in [6.07, 6.45) is 4.19. The number of carbonyl (C=O) groups excluding carboxylic acids is 2. The van der Waals surface area contributed by atoms with Crippen molar-refractivity contribution >= 4 is 23.2 Å². The van der Waals surface area contributed by atoms with Gasteiger partial charge in [0, 0.05) is 30.7 Å². The van der Waals surface area contributed by atoms with Crippen molar-refractivity contribution in [2.75, 3.05) is 23.8 Å². The van der Waals surface area contributed by atoms with Crippen LogP contribution in [-0.4, -0.2) is 35.6 Å². The van der Waals surface area contributed by atoms with Gasteiger partial charge in [-0.1, -0.05) is 0 Å². The molecule has 7 nitrogen and oxygen atoms in total. The lowest BCUT2D eigenvalue weighted by atomic mass is 9.90. The van der Waals surface area contributed by atoms with Crippen molar-refractivity contribution in [2.45, 2.75) is 18.4 Å². The molecule has 0 aliphatic carbocycles. The molecule has 0 bridgehead atoms. The summed E-state index contributed by atoms with van der Waals surface area (Å²) < 4.78 is 5.25. The fourth-order valence-corrected chi connectivity index (χ4v) is 2.56. The van der Waals surface area contributed by atoms with Gasteiger partial charge in [-0.15, -0.1) is 0 Å². The molecule has 1 fully saturated rings. The van der Waals surface area contributed by atoms with E-state index < -0.39 is 5.54 Å². The quantitative estimate of drug-likeness (QED) is 0.786. The Morgan fingerprint density at radius 1 is 1.04 bits per heavy atom. The number of pyridine rings is 1. The molecule has 7 heteroatoms. The minimum absolute atomic E-state index is 0.233. The van der Waals surface area contributed by atoms with E-state index in [9.17, 15) is 9.59 Å². The van der Waals surface area contributed by atoms with Crippen LogP contribution in [0.2, 0.25) is 0 Å². The van der Waals surface area contributed by atoms with Gasteiger partial charge in [-0.05, 0) is 49.2 Å². The van der Waals surface area contributed by atoms with Crippen molar-refractivity contribution in [1.82, 2.24) is 4.98 Å². The first-order valence-corrected chi connectivity index (χ1v) is 8.06. The maximum atomic E-state index is 12.4. The number of nitrogens with two attached hydrogens (primary N) is 1. The van der Waals surface area contributed by atoms with Gasteiger partial charge in [-0.25, -0.2) is 0 Å². The molecule has 0 radical (unpaired) electrons. The van der Waals surface area contributed by atoms with Crippen molar-refractivity contribution in [1.29, 1.82) is 0 Å². The molecule has 1 aromatic carbocycles. The van der Waals surface area contributed by atoms with Crippen LogP contribution in [0.1, 0.15) is 23.2 Å². The van der Waals surface area contributed by atoms with Gasteiger partial charge < -0.3 is 21.1 Å². The molecule has 1 aliphatic rings. The summed E-state index contributed by atoms with van der Waals surface area (Å²) >= 11 is 0. The molecule has 0 atom stereocenters. The molecule has 25 heavy (non-hydrogen) atoms. The Kier molecular flexibility index (Phi) is 5.06. The topological polar surface area (TPSA) is 106 Å². The van der Waals surface area contributed by atoms with E-state index in [4.69, 9.17) is 10.5 Å². The number of carbonyl (C=O) groups is 2.